The third-order valence-corrected chi connectivity index (χ3v) is 4.33. The number of carbonyl (C=O) groups is 1. The first kappa shape index (κ1) is 19.1. The summed E-state index contributed by atoms with van der Waals surface area (Å²) in [7, 11) is 0. The molecule has 2 aromatic carbocycles. The molecule has 1 heterocycles. The number of hydrogen-bond acceptors (Lipinski definition) is 2. The van der Waals surface area contributed by atoms with E-state index < -0.39 is 5.91 Å². The lowest BCUT2D eigenvalue weighted by Gasteiger charge is -2.11. The van der Waals surface area contributed by atoms with Gasteiger partial charge in [-0.15, -0.1) is 0 Å². The van der Waals surface area contributed by atoms with Gasteiger partial charge in [0, 0.05) is 28.4 Å². The summed E-state index contributed by atoms with van der Waals surface area (Å²) >= 11 is 0. The van der Waals surface area contributed by atoms with Gasteiger partial charge in [0.15, 0.2) is 0 Å². The first-order chi connectivity index (χ1) is 13.6. The fourth-order valence-electron chi connectivity index (χ4n) is 2.87. The molecule has 140 valence electrons. The largest absolute Gasteiger partial charge is 0.360 e. The number of benzene rings is 2. The molecule has 28 heavy (non-hydrogen) atoms. The molecule has 4 heteroatoms. The maximum Gasteiger partial charge on any atom is 0.261 e. The molecule has 0 atom stereocenters. The molecule has 0 spiro atoms. The third-order valence-electron chi connectivity index (χ3n) is 4.33. The SMILES string of the molecule is C=C(/C=C\C=C/CC)c1ccccc1NC(=O)c1c[nH]c2ccccc2c1=O. The van der Waals surface area contributed by atoms with Crippen LogP contribution in [0.5, 0.6) is 0 Å². The number of pyridine rings is 1. The van der Waals surface area contributed by atoms with Gasteiger partial charge in [-0.2, -0.15) is 0 Å². The van der Waals surface area contributed by atoms with E-state index in [0.29, 0.717) is 16.6 Å². The van der Waals surface area contributed by atoms with E-state index in [2.05, 4.69) is 23.8 Å². The van der Waals surface area contributed by atoms with E-state index in [0.717, 1.165) is 17.6 Å². The van der Waals surface area contributed by atoms with Crippen molar-refractivity contribution >= 4 is 28.1 Å². The number of fused-ring (bicyclic) bond motifs is 1. The van der Waals surface area contributed by atoms with Crippen molar-refractivity contribution in [1.29, 1.82) is 0 Å². The molecule has 1 aromatic heterocycles. The molecule has 0 aliphatic heterocycles. The molecule has 4 nitrogen and oxygen atoms in total. The molecule has 0 saturated heterocycles. The smallest absolute Gasteiger partial charge is 0.261 e. The van der Waals surface area contributed by atoms with Crippen molar-refractivity contribution in [3.63, 3.8) is 0 Å². The van der Waals surface area contributed by atoms with E-state index in [1.165, 1.54) is 6.20 Å². The summed E-state index contributed by atoms with van der Waals surface area (Å²) in [6.45, 7) is 6.15. The topological polar surface area (TPSA) is 62.0 Å². The number of anilines is 1. The Morgan fingerprint density at radius 2 is 1.82 bits per heavy atom. The molecule has 3 aromatic rings. The molecule has 1 amide bonds. The minimum Gasteiger partial charge on any atom is -0.360 e. The van der Waals surface area contributed by atoms with Gasteiger partial charge in [-0.25, -0.2) is 0 Å². The number of H-pyrrole nitrogens is 1. The van der Waals surface area contributed by atoms with Crippen LogP contribution in [0.3, 0.4) is 0 Å². The second-order valence-corrected chi connectivity index (χ2v) is 6.30. The van der Waals surface area contributed by atoms with E-state index in [1.54, 1.807) is 24.3 Å². The maximum atomic E-state index is 12.8. The molecule has 0 aliphatic rings. The van der Waals surface area contributed by atoms with Crippen LogP contribution in [0, 0.1) is 0 Å². The fourth-order valence-corrected chi connectivity index (χ4v) is 2.87. The van der Waals surface area contributed by atoms with E-state index in [9.17, 15) is 9.59 Å². The van der Waals surface area contributed by atoms with E-state index in [4.69, 9.17) is 0 Å². The molecule has 0 radical (unpaired) electrons. The van der Waals surface area contributed by atoms with Crippen molar-refractivity contribution in [3.8, 4) is 0 Å². The Hall–Kier alpha value is -3.66. The Morgan fingerprint density at radius 1 is 1.07 bits per heavy atom. The first-order valence-corrected chi connectivity index (χ1v) is 9.15. The van der Waals surface area contributed by atoms with Crippen LogP contribution in [0.1, 0.15) is 29.3 Å². The van der Waals surface area contributed by atoms with Crippen molar-refractivity contribution in [1.82, 2.24) is 4.98 Å². The van der Waals surface area contributed by atoms with Crippen molar-refractivity contribution < 1.29 is 4.79 Å². The fraction of sp³-hybridized carbons (Fsp3) is 0.0833. The number of carbonyl (C=O) groups excluding carboxylic acids is 1. The Labute approximate surface area is 163 Å². The van der Waals surface area contributed by atoms with Crippen LogP contribution in [0.4, 0.5) is 5.69 Å². The van der Waals surface area contributed by atoms with Crippen LogP contribution in [-0.4, -0.2) is 10.9 Å². The number of aromatic amines is 1. The highest BCUT2D eigenvalue weighted by Gasteiger charge is 2.14. The van der Waals surface area contributed by atoms with Crippen LogP contribution >= 0.6 is 0 Å². The molecule has 2 N–H and O–H groups in total. The van der Waals surface area contributed by atoms with E-state index in [1.807, 2.05) is 48.6 Å². The van der Waals surface area contributed by atoms with Crippen molar-refractivity contribution in [3.05, 3.63) is 107 Å². The number of allylic oxidation sites excluding steroid dienone is 5. The Morgan fingerprint density at radius 3 is 2.64 bits per heavy atom. The predicted molar refractivity (Wildman–Crippen MR) is 117 cm³/mol. The number of para-hydroxylation sites is 2. The van der Waals surface area contributed by atoms with Gasteiger partial charge in [0.2, 0.25) is 5.43 Å². The maximum absolute atomic E-state index is 12.8. The monoisotopic (exact) mass is 370 g/mol. The Kier molecular flexibility index (Phi) is 6.02. The first-order valence-electron chi connectivity index (χ1n) is 9.15. The number of aromatic nitrogens is 1. The average Bonchev–Trinajstić information content (AvgIpc) is 2.72. The summed E-state index contributed by atoms with van der Waals surface area (Å²) in [6.07, 6.45) is 10.2. The lowest BCUT2D eigenvalue weighted by molar-refractivity contribution is 0.102. The number of hydrogen-bond donors (Lipinski definition) is 2. The zero-order valence-electron chi connectivity index (χ0n) is 15.7. The summed E-state index contributed by atoms with van der Waals surface area (Å²) in [4.78, 5) is 28.4. The summed E-state index contributed by atoms with van der Waals surface area (Å²) in [5, 5.41) is 3.33. The van der Waals surface area contributed by atoms with E-state index in [-0.39, 0.29) is 11.0 Å². The molecule has 0 unspecified atom stereocenters. The van der Waals surface area contributed by atoms with Gasteiger partial charge < -0.3 is 10.3 Å². The summed E-state index contributed by atoms with van der Waals surface area (Å²) in [6, 6.07) is 14.5. The number of amides is 1. The van der Waals surface area contributed by atoms with Crippen molar-refractivity contribution in [2.75, 3.05) is 5.32 Å². The molecule has 0 bridgehead atoms. The average molecular weight is 370 g/mol. The van der Waals surface area contributed by atoms with Gasteiger partial charge >= 0.3 is 0 Å². The molecule has 3 rings (SSSR count). The van der Waals surface area contributed by atoms with Crippen LogP contribution in [0.2, 0.25) is 0 Å². The number of nitrogens with one attached hydrogen (secondary N) is 2. The van der Waals surface area contributed by atoms with Gasteiger partial charge in [-0.05, 0) is 30.2 Å². The van der Waals surface area contributed by atoms with Gasteiger partial charge in [0.1, 0.15) is 5.56 Å². The molecule has 0 saturated carbocycles. The highest BCUT2D eigenvalue weighted by atomic mass is 16.2. The Balaban J connectivity index is 1.88. The Bertz CT molecular complexity index is 1140. The minimum atomic E-state index is -0.456. The highest BCUT2D eigenvalue weighted by molar-refractivity contribution is 6.07. The van der Waals surface area contributed by atoms with Gasteiger partial charge in [-0.1, -0.05) is 68.1 Å². The zero-order valence-corrected chi connectivity index (χ0v) is 15.7. The highest BCUT2D eigenvalue weighted by Crippen LogP contribution is 2.24. The predicted octanol–water partition coefficient (Wildman–Crippen LogP) is 5.32. The standard InChI is InChI=1S/C24H22N2O2/c1-3-4-5-6-11-17(2)18-12-7-10-15-22(18)26-24(28)20-16-25-21-14-9-8-13-19(21)23(20)27/h4-16H,2-3H2,1H3,(H,25,27)(H,26,28)/b5-4-,11-6-. The van der Waals surface area contributed by atoms with Crippen LogP contribution in [0.15, 0.2) is 90.4 Å². The van der Waals surface area contributed by atoms with Crippen molar-refractivity contribution in [2.24, 2.45) is 0 Å². The number of rotatable bonds is 6. The normalized spacial score (nSPS) is 11.3. The lowest BCUT2D eigenvalue weighted by Crippen LogP contribution is -2.22. The molecule has 0 aliphatic carbocycles. The second kappa shape index (κ2) is 8.82. The van der Waals surface area contributed by atoms with Crippen molar-refractivity contribution in [2.45, 2.75) is 13.3 Å². The van der Waals surface area contributed by atoms with Crippen LogP contribution in [0.25, 0.3) is 16.5 Å². The summed E-state index contributed by atoms with van der Waals surface area (Å²) in [5.74, 6) is -0.456. The van der Waals surface area contributed by atoms with Gasteiger partial charge in [-0.3, -0.25) is 9.59 Å². The summed E-state index contributed by atoms with van der Waals surface area (Å²) < 4.78 is 0. The molecule has 0 fully saturated rings. The van der Waals surface area contributed by atoms with Crippen LogP contribution < -0.4 is 10.7 Å². The van der Waals surface area contributed by atoms with Gasteiger partial charge in [0.25, 0.3) is 5.91 Å². The van der Waals surface area contributed by atoms with Crippen LogP contribution in [-0.2, 0) is 0 Å². The second-order valence-electron chi connectivity index (χ2n) is 6.30. The summed E-state index contributed by atoms with van der Waals surface area (Å²) in [5.41, 5.74) is 2.64. The quantitative estimate of drug-likeness (QED) is 0.577. The molecular weight excluding hydrogens is 348 g/mol. The zero-order chi connectivity index (χ0) is 19.9. The van der Waals surface area contributed by atoms with Gasteiger partial charge in [0.05, 0.1) is 0 Å². The lowest BCUT2D eigenvalue weighted by atomic mass is 10.0. The van der Waals surface area contributed by atoms with E-state index >= 15 is 0 Å². The third kappa shape index (κ3) is 4.18. The molecular formula is C24H22N2O2. The minimum absolute atomic E-state index is 0.0699.